The van der Waals surface area contributed by atoms with Crippen LogP contribution in [0.1, 0.15) is 39.5 Å². The SMILES string of the molecule is CCC#CCNC(=O)COCCOC1CCC(OCCOCC(=O)NCCNCCC)SS1. The van der Waals surface area contributed by atoms with Gasteiger partial charge in [0.1, 0.15) is 24.1 Å². The lowest BCUT2D eigenvalue weighted by molar-refractivity contribution is -0.127. The van der Waals surface area contributed by atoms with Crippen LogP contribution >= 0.6 is 21.6 Å². The molecule has 2 atom stereocenters. The molecular weight excluding hydrogens is 466 g/mol. The fraction of sp³-hybridized carbons (Fsp3) is 0.818. The molecule has 1 aliphatic rings. The molecule has 1 heterocycles. The van der Waals surface area contributed by atoms with Gasteiger partial charge in [-0.3, -0.25) is 9.59 Å². The Labute approximate surface area is 205 Å². The highest BCUT2D eigenvalue weighted by Gasteiger charge is 2.23. The third-order valence-electron chi connectivity index (χ3n) is 4.16. The van der Waals surface area contributed by atoms with Crippen molar-refractivity contribution in [2.45, 2.75) is 50.4 Å². The van der Waals surface area contributed by atoms with Gasteiger partial charge in [0.15, 0.2) is 0 Å². The quantitative estimate of drug-likeness (QED) is 0.145. The fourth-order valence-electron chi connectivity index (χ4n) is 2.55. The zero-order chi connectivity index (χ0) is 24.0. The Hall–Kier alpha value is -1.00. The van der Waals surface area contributed by atoms with E-state index in [1.165, 1.54) is 0 Å². The van der Waals surface area contributed by atoms with Crippen molar-refractivity contribution in [2.75, 3.05) is 65.8 Å². The van der Waals surface area contributed by atoms with Gasteiger partial charge in [-0.25, -0.2) is 0 Å². The summed E-state index contributed by atoms with van der Waals surface area (Å²) in [5, 5.41) is 8.71. The molecule has 0 radical (unpaired) electrons. The number of hydrogen-bond acceptors (Lipinski definition) is 9. The van der Waals surface area contributed by atoms with Crippen LogP contribution in [-0.2, 0) is 28.5 Å². The first kappa shape index (κ1) is 30.0. The molecule has 33 heavy (non-hydrogen) atoms. The third-order valence-corrected chi connectivity index (χ3v) is 7.07. The molecule has 1 rings (SSSR count). The summed E-state index contributed by atoms with van der Waals surface area (Å²) >= 11 is 0. The van der Waals surface area contributed by atoms with Gasteiger partial charge in [-0.2, -0.15) is 0 Å². The van der Waals surface area contributed by atoms with E-state index < -0.39 is 0 Å². The molecule has 2 unspecified atom stereocenters. The van der Waals surface area contributed by atoms with E-state index >= 15 is 0 Å². The van der Waals surface area contributed by atoms with Crippen molar-refractivity contribution in [2.24, 2.45) is 0 Å². The molecule has 9 nitrogen and oxygen atoms in total. The second kappa shape index (κ2) is 21.5. The van der Waals surface area contributed by atoms with Gasteiger partial charge in [0.25, 0.3) is 0 Å². The minimum Gasteiger partial charge on any atom is -0.369 e. The normalized spacial score (nSPS) is 17.8. The van der Waals surface area contributed by atoms with Gasteiger partial charge in [-0.05, 0) is 25.8 Å². The average Bonchev–Trinajstić information content (AvgIpc) is 2.82. The Morgan fingerprint density at radius 3 is 1.97 bits per heavy atom. The Balaban J connectivity index is 1.91. The summed E-state index contributed by atoms with van der Waals surface area (Å²) in [4.78, 5) is 23.2. The maximum Gasteiger partial charge on any atom is 0.246 e. The van der Waals surface area contributed by atoms with Crippen molar-refractivity contribution >= 4 is 33.4 Å². The van der Waals surface area contributed by atoms with Crippen molar-refractivity contribution < 1.29 is 28.5 Å². The van der Waals surface area contributed by atoms with Crippen molar-refractivity contribution in [3.63, 3.8) is 0 Å². The molecule has 0 aromatic rings. The van der Waals surface area contributed by atoms with Crippen LogP contribution in [0.2, 0.25) is 0 Å². The Kier molecular flexibility index (Phi) is 19.6. The minimum atomic E-state index is -0.174. The highest BCUT2D eigenvalue weighted by molar-refractivity contribution is 8.77. The number of carbonyl (C=O) groups excluding carboxylic acids is 2. The molecule has 1 fully saturated rings. The van der Waals surface area contributed by atoms with Crippen molar-refractivity contribution in [3.8, 4) is 11.8 Å². The first-order valence-corrected chi connectivity index (χ1v) is 13.8. The standard InChI is InChI=1S/C22H39N3O6S2/c1-3-5-6-10-24-19(26)17-28-13-15-30-21-7-8-22(33-32-21)31-16-14-29-18-20(27)25-12-11-23-9-4-2/h21-23H,3-4,7-18H2,1-2H3,(H,24,26)(H,25,27). The summed E-state index contributed by atoms with van der Waals surface area (Å²) in [5.74, 6) is 5.45. The number of carbonyl (C=O) groups is 2. The molecule has 0 aliphatic carbocycles. The highest BCUT2D eigenvalue weighted by atomic mass is 33.1. The van der Waals surface area contributed by atoms with E-state index in [1.807, 2.05) is 6.92 Å². The van der Waals surface area contributed by atoms with Gasteiger partial charge in [-0.1, -0.05) is 41.4 Å². The number of amides is 2. The van der Waals surface area contributed by atoms with Crippen LogP contribution in [0.15, 0.2) is 0 Å². The molecule has 0 saturated carbocycles. The molecule has 0 aromatic carbocycles. The molecule has 2 amide bonds. The van der Waals surface area contributed by atoms with Crippen molar-refractivity contribution in [1.82, 2.24) is 16.0 Å². The lowest BCUT2D eigenvalue weighted by Crippen LogP contribution is -2.34. The van der Waals surface area contributed by atoms with E-state index in [0.717, 1.165) is 38.8 Å². The predicted molar refractivity (Wildman–Crippen MR) is 133 cm³/mol. The topological polar surface area (TPSA) is 107 Å². The summed E-state index contributed by atoms with van der Waals surface area (Å²) < 4.78 is 22.3. The molecule has 3 N–H and O–H groups in total. The predicted octanol–water partition coefficient (Wildman–Crippen LogP) is 1.53. The van der Waals surface area contributed by atoms with Crippen molar-refractivity contribution in [3.05, 3.63) is 0 Å². The van der Waals surface area contributed by atoms with Gasteiger partial charge in [0, 0.05) is 19.5 Å². The zero-order valence-electron chi connectivity index (χ0n) is 19.8. The number of hydrogen-bond donors (Lipinski definition) is 3. The van der Waals surface area contributed by atoms with Crippen LogP contribution in [0, 0.1) is 11.8 Å². The van der Waals surface area contributed by atoms with Gasteiger partial charge in [0.2, 0.25) is 11.8 Å². The van der Waals surface area contributed by atoms with Crippen LogP contribution in [0.3, 0.4) is 0 Å². The Morgan fingerprint density at radius 2 is 1.42 bits per heavy atom. The molecule has 0 spiro atoms. The van der Waals surface area contributed by atoms with E-state index in [9.17, 15) is 9.59 Å². The molecule has 11 heteroatoms. The van der Waals surface area contributed by atoms with Gasteiger partial charge in [0.05, 0.1) is 33.0 Å². The van der Waals surface area contributed by atoms with E-state index in [-0.39, 0.29) is 35.9 Å². The summed E-state index contributed by atoms with van der Waals surface area (Å²) in [6.45, 7) is 8.47. The van der Waals surface area contributed by atoms with Gasteiger partial charge < -0.3 is 34.9 Å². The zero-order valence-corrected chi connectivity index (χ0v) is 21.5. The van der Waals surface area contributed by atoms with Gasteiger partial charge in [-0.15, -0.1) is 5.92 Å². The van der Waals surface area contributed by atoms with Crippen LogP contribution in [-0.4, -0.2) is 88.5 Å². The summed E-state index contributed by atoms with van der Waals surface area (Å²) in [5.41, 5.74) is 0.177. The minimum absolute atomic E-state index is 0.0134. The molecule has 190 valence electrons. The van der Waals surface area contributed by atoms with Crippen molar-refractivity contribution in [1.29, 1.82) is 0 Å². The van der Waals surface area contributed by atoms with Gasteiger partial charge >= 0.3 is 0 Å². The molecule has 0 bridgehead atoms. The molecule has 0 aromatic heterocycles. The fourth-order valence-corrected chi connectivity index (χ4v) is 5.22. The van der Waals surface area contributed by atoms with Crippen LogP contribution < -0.4 is 16.0 Å². The first-order valence-electron chi connectivity index (χ1n) is 11.6. The lowest BCUT2D eigenvalue weighted by Gasteiger charge is -2.27. The van der Waals surface area contributed by atoms with E-state index in [1.54, 1.807) is 21.6 Å². The molecule has 1 aliphatic heterocycles. The third kappa shape index (κ3) is 18.1. The van der Waals surface area contributed by atoms with E-state index in [0.29, 0.717) is 39.5 Å². The smallest absolute Gasteiger partial charge is 0.246 e. The largest absolute Gasteiger partial charge is 0.369 e. The molecule has 1 saturated heterocycles. The first-order chi connectivity index (χ1) is 16.2. The maximum absolute atomic E-state index is 11.6. The monoisotopic (exact) mass is 505 g/mol. The number of ether oxygens (including phenoxy) is 4. The van der Waals surface area contributed by atoms with Crippen LogP contribution in [0.5, 0.6) is 0 Å². The average molecular weight is 506 g/mol. The van der Waals surface area contributed by atoms with E-state index in [4.69, 9.17) is 18.9 Å². The number of rotatable bonds is 18. The Bertz CT molecular complexity index is 580. The summed E-state index contributed by atoms with van der Waals surface area (Å²) in [7, 11) is 3.29. The second-order valence-corrected chi connectivity index (χ2v) is 9.65. The summed E-state index contributed by atoms with van der Waals surface area (Å²) in [6, 6.07) is 0. The highest BCUT2D eigenvalue weighted by Crippen LogP contribution is 2.41. The number of nitrogens with one attached hydrogen (secondary N) is 3. The lowest BCUT2D eigenvalue weighted by atomic mass is 10.3. The Morgan fingerprint density at radius 1 is 0.818 bits per heavy atom. The summed E-state index contributed by atoms with van der Waals surface area (Å²) in [6.07, 6.45) is 3.62. The molecular formula is C22H39N3O6S2. The second-order valence-electron chi connectivity index (χ2n) is 7.06. The van der Waals surface area contributed by atoms with E-state index in [2.05, 4.69) is 34.7 Å². The van der Waals surface area contributed by atoms with Crippen LogP contribution in [0.25, 0.3) is 0 Å². The van der Waals surface area contributed by atoms with Crippen LogP contribution in [0.4, 0.5) is 0 Å². The maximum atomic E-state index is 11.6.